The smallest absolute Gasteiger partial charge is 0.333 e. The zero-order chi connectivity index (χ0) is 20.7. The molecule has 0 radical (unpaired) electrons. The fraction of sp³-hybridized carbons (Fsp3) is 0.682. The molecule has 0 rings (SSSR count). The van der Waals surface area contributed by atoms with Crippen LogP contribution < -0.4 is 0 Å². The molecule has 5 nitrogen and oxygen atoms in total. The molecule has 0 bridgehead atoms. The van der Waals surface area contributed by atoms with Gasteiger partial charge in [0.2, 0.25) is 0 Å². The second-order valence-corrected chi connectivity index (χ2v) is 6.92. The van der Waals surface area contributed by atoms with Gasteiger partial charge in [-0.05, 0) is 46.5 Å². The average Bonchev–Trinajstić information content (AvgIpc) is 2.65. The summed E-state index contributed by atoms with van der Waals surface area (Å²) in [7, 11) is 0. The minimum Gasteiger partial charge on any atom is -0.498 e. The molecule has 0 aromatic heterocycles. The Morgan fingerprint density at radius 3 is 1.93 bits per heavy atom. The quantitative estimate of drug-likeness (QED) is 0.186. The first kappa shape index (κ1) is 25.2. The van der Waals surface area contributed by atoms with E-state index in [1.807, 2.05) is 39.8 Å². The number of aliphatic hydroxyl groups is 1. The third-order valence-corrected chi connectivity index (χ3v) is 4.31. The minimum absolute atomic E-state index is 0.0802. The van der Waals surface area contributed by atoms with Crippen molar-refractivity contribution in [3.8, 4) is 0 Å². The SMILES string of the molecule is C=C(C)C(=O)OCCCC(O)(CC(CC)OC=CC)CC(CC)OC=CC. The van der Waals surface area contributed by atoms with Crippen molar-refractivity contribution in [3.05, 3.63) is 36.8 Å². The molecule has 0 spiro atoms. The van der Waals surface area contributed by atoms with E-state index >= 15 is 0 Å². The monoisotopic (exact) mass is 382 g/mol. The summed E-state index contributed by atoms with van der Waals surface area (Å²) in [5.41, 5.74) is -0.581. The van der Waals surface area contributed by atoms with Gasteiger partial charge in [-0.3, -0.25) is 0 Å². The van der Waals surface area contributed by atoms with Gasteiger partial charge in [0.15, 0.2) is 0 Å². The molecule has 0 saturated heterocycles. The van der Waals surface area contributed by atoms with Gasteiger partial charge in [0.25, 0.3) is 0 Å². The molecule has 5 heteroatoms. The third kappa shape index (κ3) is 11.5. The maximum absolute atomic E-state index is 11.5. The number of ether oxygens (including phenoxy) is 3. The Kier molecular flexibility index (Phi) is 13.4. The fourth-order valence-corrected chi connectivity index (χ4v) is 2.78. The molecule has 156 valence electrons. The molecular formula is C22H38O5. The second kappa shape index (κ2) is 14.3. The Morgan fingerprint density at radius 2 is 1.56 bits per heavy atom. The van der Waals surface area contributed by atoms with Crippen LogP contribution in [0.2, 0.25) is 0 Å². The van der Waals surface area contributed by atoms with E-state index in [0.29, 0.717) is 31.3 Å². The molecule has 0 aromatic carbocycles. The van der Waals surface area contributed by atoms with Crippen molar-refractivity contribution >= 4 is 5.97 Å². The Bertz CT molecular complexity index is 457. The lowest BCUT2D eigenvalue weighted by Gasteiger charge is -2.34. The molecule has 0 amide bonds. The maximum atomic E-state index is 11.5. The van der Waals surface area contributed by atoms with Crippen LogP contribution in [0.3, 0.4) is 0 Å². The Hall–Kier alpha value is -1.75. The molecule has 0 aromatic rings. The summed E-state index contributed by atoms with van der Waals surface area (Å²) in [6.07, 6.45) is 10.5. The molecule has 27 heavy (non-hydrogen) atoms. The van der Waals surface area contributed by atoms with Crippen LogP contribution in [-0.2, 0) is 19.0 Å². The second-order valence-electron chi connectivity index (χ2n) is 6.92. The van der Waals surface area contributed by atoms with Crippen LogP contribution in [-0.4, -0.2) is 35.5 Å². The predicted octanol–water partition coefficient (Wildman–Crippen LogP) is 5.05. The summed E-state index contributed by atoms with van der Waals surface area (Å²) in [5.74, 6) is -0.399. The van der Waals surface area contributed by atoms with Crippen LogP contribution in [0.15, 0.2) is 36.8 Å². The number of hydrogen-bond acceptors (Lipinski definition) is 5. The average molecular weight is 383 g/mol. The van der Waals surface area contributed by atoms with E-state index < -0.39 is 11.6 Å². The van der Waals surface area contributed by atoms with E-state index in [4.69, 9.17) is 14.2 Å². The van der Waals surface area contributed by atoms with Gasteiger partial charge in [-0.2, -0.15) is 0 Å². The van der Waals surface area contributed by atoms with Gasteiger partial charge in [0.1, 0.15) is 12.2 Å². The lowest BCUT2D eigenvalue weighted by atomic mass is 9.84. The Labute approximate surface area is 165 Å². The van der Waals surface area contributed by atoms with Crippen LogP contribution in [0.1, 0.15) is 73.1 Å². The van der Waals surface area contributed by atoms with Crippen molar-refractivity contribution in [3.63, 3.8) is 0 Å². The highest BCUT2D eigenvalue weighted by Gasteiger charge is 2.33. The highest BCUT2D eigenvalue weighted by Crippen LogP contribution is 2.29. The van der Waals surface area contributed by atoms with Crippen molar-refractivity contribution in [2.75, 3.05) is 6.61 Å². The Morgan fingerprint density at radius 1 is 1.07 bits per heavy atom. The van der Waals surface area contributed by atoms with Crippen molar-refractivity contribution in [1.29, 1.82) is 0 Å². The molecule has 0 aliphatic rings. The highest BCUT2D eigenvalue weighted by molar-refractivity contribution is 5.86. The number of rotatable bonds is 15. The van der Waals surface area contributed by atoms with Gasteiger partial charge in [-0.25, -0.2) is 4.79 Å². The minimum atomic E-state index is -0.958. The third-order valence-electron chi connectivity index (χ3n) is 4.31. The summed E-state index contributed by atoms with van der Waals surface area (Å²) < 4.78 is 16.6. The highest BCUT2D eigenvalue weighted by atomic mass is 16.5. The summed E-state index contributed by atoms with van der Waals surface area (Å²) in [4.78, 5) is 11.5. The van der Waals surface area contributed by atoms with Gasteiger partial charge in [-0.1, -0.05) is 32.6 Å². The molecule has 0 aliphatic heterocycles. The first-order valence-corrected chi connectivity index (χ1v) is 9.90. The topological polar surface area (TPSA) is 65.0 Å². The Balaban J connectivity index is 4.98. The molecule has 0 saturated carbocycles. The van der Waals surface area contributed by atoms with Gasteiger partial charge < -0.3 is 19.3 Å². The van der Waals surface area contributed by atoms with Crippen molar-refractivity contribution in [2.24, 2.45) is 0 Å². The normalized spacial score (nSPS) is 16.1. The van der Waals surface area contributed by atoms with E-state index in [1.54, 1.807) is 19.4 Å². The van der Waals surface area contributed by atoms with Crippen molar-refractivity contribution in [1.82, 2.24) is 0 Å². The first-order chi connectivity index (χ1) is 12.8. The summed E-state index contributed by atoms with van der Waals surface area (Å²) in [6, 6.07) is 0. The van der Waals surface area contributed by atoms with E-state index in [0.717, 1.165) is 12.8 Å². The van der Waals surface area contributed by atoms with E-state index in [2.05, 4.69) is 6.58 Å². The zero-order valence-electron chi connectivity index (χ0n) is 17.7. The molecular weight excluding hydrogens is 344 g/mol. The van der Waals surface area contributed by atoms with Crippen LogP contribution in [0.25, 0.3) is 0 Å². The number of hydrogen-bond donors (Lipinski definition) is 1. The lowest BCUT2D eigenvalue weighted by molar-refractivity contribution is -0.139. The zero-order valence-corrected chi connectivity index (χ0v) is 17.7. The molecule has 1 N–H and O–H groups in total. The van der Waals surface area contributed by atoms with Crippen LogP contribution in [0.4, 0.5) is 0 Å². The van der Waals surface area contributed by atoms with E-state index in [-0.39, 0.29) is 18.8 Å². The standard InChI is InChI=1S/C22H38O5/c1-7-13-25-19(9-3)16-22(24,17-20(10-4)26-14-8-2)12-11-15-27-21(23)18(5)6/h7-8,13-14,19-20,24H,5,9-12,15-17H2,1-4,6H3. The lowest BCUT2D eigenvalue weighted by Crippen LogP contribution is -2.38. The molecule has 0 heterocycles. The number of esters is 1. The summed E-state index contributed by atoms with van der Waals surface area (Å²) in [5, 5.41) is 11.3. The molecule has 2 unspecified atom stereocenters. The molecule has 2 atom stereocenters. The van der Waals surface area contributed by atoms with Gasteiger partial charge in [0.05, 0.1) is 24.7 Å². The van der Waals surface area contributed by atoms with Crippen LogP contribution >= 0.6 is 0 Å². The summed E-state index contributed by atoms with van der Waals surface area (Å²) >= 11 is 0. The van der Waals surface area contributed by atoms with Crippen molar-refractivity contribution in [2.45, 2.75) is 91.0 Å². The number of carbonyl (C=O) groups excluding carboxylic acids is 1. The molecule has 0 aliphatic carbocycles. The van der Waals surface area contributed by atoms with Gasteiger partial charge >= 0.3 is 5.97 Å². The van der Waals surface area contributed by atoms with Crippen molar-refractivity contribution < 1.29 is 24.1 Å². The van der Waals surface area contributed by atoms with Gasteiger partial charge in [0, 0.05) is 18.4 Å². The fourth-order valence-electron chi connectivity index (χ4n) is 2.78. The van der Waals surface area contributed by atoms with E-state index in [9.17, 15) is 9.90 Å². The van der Waals surface area contributed by atoms with Gasteiger partial charge in [-0.15, -0.1) is 0 Å². The predicted molar refractivity (Wildman–Crippen MR) is 109 cm³/mol. The van der Waals surface area contributed by atoms with Crippen LogP contribution in [0.5, 0.6) is 0 Å². The maximum Gasteiger partial charge on any atom is 0.333 e. The first-order valence-electron chi connectivity index (χ1n) is 9.90. The summed E-state index contributed by atoms with van der Waals surface area (Å²) in [6.45, 7) is 13.3. The van der Waals surface area contributed by atoms with E-state index in [1.165, 1.54) is 0 Å². The largest absolute Gasteiger partial charge is 0.498 e. The molecule has 0 fully saturated rings. The number of allylic oxidation sites excluding steroid dienone is 2. The number of carbonyl (C=O) groups is 1. The van der Waals surface area contributed by atoms with Crippen LogP contribution in [0, 0.1) is 0 Å².